The molecule has 3 rings (SSSR count). The summed E-state index contributed by atoms with van der Waals surface area (Å²) in [6, 6.07) is 9.64. The van der Waals surface area contributed by atoms with Crippen LogP contribution in [-0.2, 0) is 13.0 Å². The van der Waals surface area contributed by atoms with E-state index in [0.29, 0.717) is 18.2 Å². The van der Waals surface area contributed by atoms with Crippen molar-refractivity contribution in [1.82, 2.24) is 14.7 Å². The number of rotatable bonds is 5. The molecule has 0 spiro atoms. The van der Waals surface area contributed by atoms with E-state index in [2.05, 4.69) is 34.1 Å². The van der Waals surface area contributed by atoms with Crippen LogP contribution in [0.3, 0.4) is 0 Å². The maximum Gasteiger partial charge on any atom is 0.258 e. The zero-order valence-corrected chi connectivity index (χ0v) is 12.6. The van der Waals surface area contributed by atoms with E-state index in [1.165, 1.54) is 5.56 Å². The summed E-state index contributed by atoms with van der Waals surface area (Å²) in [5.41, 5.74) is 2.77. The Labute approximate surface area is 127 Å². The first-order valence-corrected chi connectivity index (χ1v) is 7.88. The molecule has 0 aliphatic carbocycles. The number of nitrogens with one attached hydrogen (secondary N) is 1. The van der Waals surface area contributed by atoms with E-state index in [1.54, 1.807) is 28.0 Å². The average Bonchev–Trinajstić information content (AvgIpc) is 2.98. The van der Waals surface area contributed by atoms with Crippen molar-refractivity contribution < 1.29 is 0 Å². The number of pyridine rings is 1. The van der Waals surface area contributed by atoms with Gasteiger partial charge in [0, 0.05) is 24.8 Å². The van der Waals surface area contributed by atoms with Crippen molar-refractivity contribution >= 4 is 17.0 Å². The molecule has 3 heterocycles. The van der Waals surface area contributed by atoms with Gasteiger partial charge in [0.05, 0.1) is 5.69 Å². The molecule has 3 aromatic rings. The lowest BCUT2D eigenvalue weighted by atomic mass is 10.1. The van der Waals surface area contributed by atoms with E-state index in [9.17, 15) is 4.79 Å². The van der Waals surface area contributed by atoms with Crippen LogP contribution < -0.4 is 10.9 Å². The van der Waals surface area contributed by atoms with Gasteiger partial charge >= 0.3 is 0 Å². The molecular weight excluding hydrogens is 282 g/mol. The Hall–Kier alpha value is -1.98. The Morgan fingerprint density at radius 3 is 3.10 bits per heavy atom. The lowest BCUT2D eigenvalue weighted by Crippen LogP contribution is -2.28. The van der Waals surface area contributed by atoms with E-state index in [4.69, 9.17) is 0 Å². The van der Waals surface area contributed by atoms with Crippen LogP contribution in [0, 0.1) is 0 Å². The van der Waals surface area contributed by atoms with Gasteiger partial charge in [-0.15, -0.1) is 0 Å². The summed E-state index contributed by atoms with van der Waals surface area (Å²) in [5, 5.41) is 7.68. The third-order valence-corrected chi connectivity index (χ3v) is 4.11. The van der Waals surface area contributed by atoms with Crippen LogP contribution in [0.2, 0.25) is 0 Å². The van der Waals surface area contributed by atoms with E-state index in [0.717, 1.165) is 12.1 Å². The summed E-state index contributed by atoms with van der Waals surface area (Å²) in [5.74, 6) is 0. The van der Waals surface area contributed by atoms with Gasteiger partial charge in [-0.1, -0.05) is 6.07 Å². The summed E-state index contributed by atoms with van der Waals surface area (Å²) < 4.78 is 1.55. The van der Waals surface area contributed by atoms with Gasteiger partial charge in [0.15, 0.2) is 0 Å². The van der Waals surface area contributed by atoms with Crippen molar-refractivity contribution in [3.63, 3.8) is 0 Å². The smallest absolute Gasteiger partial charge is 0.258 e. The van der Waals surface area contributed by atoms with Crippen molar-refractivity contribution in [3.05, 3.63) is 68.9 Å². The highest BCUT2D eigenvalue weighted by Crippen LogP contribution is 2.08. The average molecular weight is 299 g/mol. The van der Waals surface area contributed by atoms with Gasteiger partial charge in [0.25, 0.3) is 5.56 Å². The Balaban J connectivity index is 1.69. The van der Waals surface area contributed by atoms with Crippen LogP contribution in [0.25, 0.3) is 5.65 Å². The second-order valence-electron chi connectivity index (χ2n) is 5.13. The second kappa shape index (κ2) is 6.20. The summed E-state index contributed by atoms with van der Waals surface area (Å²) in [6.07, 6.45) is 2.72. The maximum absolute atomic E-state index is 12.0. The third-order valence-electron chi connectivity index (χ3n) is 3.38. The lowest BCUT2D eigenvalue weighted by Gasteiger charge is -2.13. The molecular formula is C16H17N3OS. The van der Waals surface area contributed by atoms with E-state index in [1.807, 2.05) is 18.2 Å². The first-order valence-electron chi connectivity index (χ1n) is 6.94. The number of hydrogen-bond donors (Lipinski definition) is 1. The highest BCUT2D eigenvalue weighted by atomic mass is 32.1. The van der Waals surface area contributed by atoms with Crippen molar-refractivity contribution in [2.45, 2.75) is 25.9 Å². The molecule has 1 unspecified atom stereocenters. The largest absolute Gasteiger partial charge is 0.308 e. The van der Waals surface area contributed by atoms with Gasteiger partial charge in [-0.25, -0.2) is 4.98 Å². The highest BCUT2D eigenvalue weighted by Gasteiger charge is 2.06. The maximum atomic E-state index is 12.0. The zero-order chi connectivity index (χ0) is 14.7. The van der Waals surface area contributed by atoms with Crippen LogP contribution in [0.15, 0.2) is 52.1 Å². The minimum atomic E-state index is -0.0390. The van der Waals surface area contributed by atoms with Crippen LogP contribution in [0.5, 0.6) is 0 Å². The van der Waals surface area contributed by atoms with Crippen molar-refractivity contribution in [3.8, 4) is 0 Å². The minimum absolute atomic E-state index is 0.0390. The fourth-order valence-corrected chi connectivity index (χ4v) is 2.99. The first kappa shape index (κ1) is 14.0. The molecule has 0 radical (unpaired) electrons. The monoisotopic (exact) mass is 299 g/mol. The van der Waals surface area contributed by atoms with Crippen molar-refractivity contribution in [1.29, 1.82) is 0 Å². The van der Waals surface area contributed by atoms with Gasteiger partial charge in [0.1, 0.15) is 5.65 Å². The molecule has 1 atom stereocenters. The Kier molecular flexibility index (Phi) is 4.13. The summed E-state index contributed by atoms with van der Waals surface area (Å²) >= 11 is 1.72. The molecule has 0 bridgehead atoms. The molecule has 108 valence electrons. The van der Waals surface area contributed by atoms with Crippen LogP contribution in [0.4, 0.5) is 0 Å². The molecule has 0 saturated heterocycles. The minimum Gasteiger partial charge on any atom is -0.308 e. The van der Waals surface area contributed by atoms with E-state index < -0.39 is 0 Å². The van der Waals surface area contributed by atoms with Crippen LogP contribution in [0.1, 0.15) is 18.2 Å². The molecule has 0 aliphatic rings. The number of fused-ring (bicyclic) bond motifs is 1. The second-order valence-corrected chi connectivity index (χ2v) is 5.91. The fourth-order valence-electron chi connectivity index (χ4n) is 2.31. The lowest BCUT2D eigenvalue weighted by molar-refractivity contribution is 0.540. The van der Waals surface area contributed by atoms with Gasteiger partial charge in [-0.2, -0.15) is 11.3 Å². The number of thiophene rings is 1. The molecule has 0 aliphatic heterocycles. The van der Waals surface area contributed by atoms with Gasteiger partial charge < -0.3 is 5.32 Å². The summed E-state index contributed by atoms with van der Waals surface area (Å²) in [6.45, 7) is 2.75. The number of hydrogen-bond acceptors (Lipinski definition) is 4. The number of nitrogens with zero attached hydrogens (tertiary/aromatic N) is 2. The predicted octanol–water partition coefficient (Wildman–Crippen LogP) is 2.48. The van der Waals surface area contributed by atoms with Crippen molar-refractivity contribution in [2.75, 3.05) is 0 Å². The summed E-state index contributed by atoms with van der Waals surface area (Å²) in [4.78, 5) is 16.5. The fraction of sp³-hybridized carbons (Fsp3) is 0.250. The molecule has 0 aromatic carbocycles. The molecule has 0 saturated carbocycles. The van der Waals surface area contributed by atoms with Gasteiger partial charge in [0.2, 0.25) is 0 Å². The zero-order valence-electron chi connectivity index (χ0n) is 11.8. The third kappa shape index (κ3) is 3.37. The molecule has 0 fully saturated rings. The Bertz CT molecular complexity index is 780. The van der Waals surface area contributed by atoms with E-state index >= 15 is 0 Å². The predicted molar refractivity (Wildman–Crippen MR) is 85.8 cm³/mol. The number of aromatic nitrogens is 2. The quantitative estimate of drug-likeness (QED) is 0.787. The molecule has 5 heteroatoms. The normalized spacial score (nSPS) is 12.6. The highest BCUT2D eigenvalue weighted by molar-refractivity contribution is 7.07. The topological polar surface area (TPSA) is 46.4 Å². The molecule has 1 N–H and O–H groups in total. The standard InChI is InChI=1S/C16H17N3OS/c1-12(8-13-5-7-21-11-13)17-10-14-9-16(20)19-6-3-2-4-15(19)18-14/h2-7,9,11-12,17H,8,10H2,1H3. The first-order chi connectivity index (χ1) is 10.2. The van der Waals surface area contributed by atoms with Crippen molar-refractivity contribution in [2.24, 2.45) is 0 Å². The summed E-state index contributed by atoms with van der Waals surface area (Å²) in [7, 11) is 0. The SMILES string of the molecule is CC(Cc1ccsc1)NCc1cc(=O)n2ccccc2n1. The molecule has 21 heavy (non-hydrogen) atoms. The molecule has 0 amide bonds. The Morgan fingerprint density at radius 2 is 2.29 bits per heavy atom. The van der Waals surface area contributed by atoms with E-state index in [-0.39, 0.29) is 5.56 Å². The van der Waals surface area contributed by atoms with Gasteiger partial charge in [-0.3, -0.25) is 9.20 Å². The molecule has 4 nitrogen and oxygen atoms in total. The van der Waals surface area contributed by atoms with Crippen LogP contribution >= 0.6 is 11.3 Å². The van der Waals surface area contributed by atoms with Crippen LogP contribution in [-0.4, -0.2) is 15.4 Å². The molecule has 3 aromatic heterocycles. The Morgan fingerprint density at radius 1 is 1.38 bits per heavy atom. The van der Waals surface area contributed by atoms with Gasteiger partial charge in [-0.05, 0) is 47.9 Å².